The maximum Gasteiger partial charge on any atom is 0.115 e. The van der Waals surface area contributed by atoms with Crippen molar-refractivity contribution in [3.05, 3.63) is 35.5 Å². The van der Waals surface area contributed by atoms with Gasteiger partial charge in [0.1, 0.15) is 5.69 Å². The Hall–Kier alpha value is -1.77. The van der Waals surface area contributed by atoms with E-state index in [1.165, 1.54) is 11.1 Å². The average molecular weight is 229 g/mol. The minimum absolute atomic E-state index is 0.0532. The SMILES string of the molecule is C=C(N)c1n[nH]c2ccc(C)c(C(C)(C)C)c12. The minimum Gasteiger partial charge on any atom is -0.397 e. The summed E-state index contributed by atoms with van der Waals surface area (Å²) in [5, 5.41) is 8.38. The Morgan fingerprint density at radius 2 is 2.00 bits per heavy atom. The van der Waals surface area contributed by atoms with Crippen LogP contribution < -0.4 is 5.73 Å². The summed E-state index contributed by atoms with van der Waals surface area (Å²) in [5.41, 5.74) is 10.7. The van der Waals surface area contributed by atoms with Gasteiger partial charge in [0, 0.05) is 5.39 Å². The van der Waals surface area contributed by atoms with Gasteiger partial charge in [-0.1, -0.05) is 33.4 Å². The molecular formula is C14H19N3. The predicted molar refractivity (Wildman–Crippen MR) is 72.8 cm³/mol. The highest BCUT2D eigenvalue weighted by atomic mass is 15.1. The lowest BCUT2D eigenvalue weighted by atomic mass is 9.81. The van der Waals surface area contributed by atoms with Gasteiger partial charge in [-0.3, -0.25) is 5.10 Å². The van der Waals surface area contributed by atoms with E-state index in [2.05, 4.69) is 50.5 Å². The fourth-order valence-electron chi connectivity index (χ4n) is 2.42. The van der Waals surface area contributed by atoms with Crippen LogP contribution in [0.15, 0.2) is 18.7 Å². The fraction of sp³-hybridized carbons (Fsp3) is 0.357. The van der Waals surface area contributed by atoms with Gasteiger partial charge in [-0.25, -0.2) is 0 Å². The summed E-state index contributed by atoms with van der Waals surface area (Å²) in [7, 11) is 0. The molecule has 0 aliphatic carbocycles. The minimum atomic E-state index is 0.0532. The molecule has 1 aromatic carbocycles. The molecule has 1 aromatic heterocycles. The molecule has 0 saturated carbocycles. The van der Waals surface area contributed by atoms with Crippen LogP contribution in [-0.2, 0) is 5.41 Å². The van der Waals surface area contributed by atoms with Crippen molar-refractivity contribution in [2.75, 3.05) is 0 Å². The standard InChI is InChI=1S/C14H19N3/c1-8-6-7-10-11(12(8)14(3,4)5)13(9(2)15)17-16-10/h6-7H,2,15H2,1,3-5H3,(H,16,17). The number of rotatable bonds is 1. The Morgan fingerprint density at radius 3 is 2.53 bits per heavy atom. The summed E-state index contributed by atoms with van der Waals surface area (Å²) in [6, 6.07) is 4.16. The molecule has 0 unspecified atom stereocenters. The number of hydrogen-bond donors (Lipinski definition) is 2. The molecule has 0 fully saturated rings. The van der Waals surface area contributed by atoms with Gasteiger partial charge < -0.3 is 5.73 Å². The van der Waals surface area contributed by atoms with Crippen LogP contribution in [0.5, 0.6) is 0 Å². The Kier molecular flexibility index (Phi) is 2.49. The van der Waals surface area contributed by atoms with Crippen molar-refractivity contribution in [1.29, 1.82) is 0 Å². The predicted octanol–water partition coefficient (Wildman–Crippen LogP) is 3.10. The van der Waals surface area contributed by atoms with Crippen LogP contribution in [0.3, 0.4) is 0 Å². The van der Waals surface area contributed by atoms with Crippen LogP contribution in [0.1, 0.15) is 37.6 Å². The molecule has 0 aliphatic rings. The zero-order valence-corrected chi connectivity index (χ0v) is 10.9. The van der Waals surface area contributed by atoms with E-state index in [0.29, 0.717) is 5.70 Å². The van der Waals surface area contributed by atoms with Crippen molar-refractivity contribution in [3.8, 4) is 0 Å². The Balaban J connectivity index is 2.92. The van der Waals surface area contributed by atoms with E-state index in [1.807, 2.05) is 6.07 Å². The first kappa shape index (κ1) is 11.7. The summed E-state index contributed by atoms with van der Waals surface area (Å²) in [5.74, 6) is 0. The number of nitrogens with one attached hydrogen (secondary N) is 1. The summed E-state index contributed by atoms with van der Waals surface area (Å²) in [4.78, 5) is 0. The molecule has 0 saturated heterocycles. The van der Waals surface area contributed by atoms with E-state index < -0.39 is 0 Å². The number of hydrogen-bond acceptors (Lipinski definition) is 2. The highest BCUT2D eigenvalue weighted by molar-refractivity contribution is 5.93. The van der Waals surface area contributed by atoms with Crippen LogP contribution in [0.25, 0.3) is 16.6 Å². The Labute approximate surface area is 102 Å². The number of aromatic amines is 1. The monoisotopic (exact) mass is 229 g/mol. The maximum absolute atomic E-state index is 5.81. The van der Waals surface area contributed by atoms with Crippen LogP contribution in [0.4, 0.5) is 0 Å². The van der Waals surface area contributed by atoms with E-state index in [-0.39, 0.29) is 5.41 Å². The highest BCUT2D eigenvalue weighted by Crippen LogP contribution is 2.34. The summed E-state index contributed by atoms with van der Waals surface area (Å²) < 4.78 is 0. The van der Waals surface area contributed by atoms with Gasteiger partial charge in [0.25, 0.3) is 0 Å². The molecule has 0 atom stereocenters. The van der Waals surface area contributed by atoms with E-state index in [9.17, 15) is 0 Å². The lowest BCUT2D eigenvalue weighted by Crippen LogP contribution is -2.14. The van der Waals surface area contributed by atoms with Gasteiger partial charge in [-0.15, -0.1) is 0 Å². The smallest absolute Gasteiger partial charge is 0.115 e. The number of nitrogens with two attached hydrogens (primary N) is 1. The van der Waals surface area contributed by atoms with Crippen LogP contribution in [0.2, 0.25) is 0 Å². The molecule has 2 aromatic rings. The van der Waals surface area contributed by atoms with E-state index >= 15 is 0 Å². The molecule has 90 valence electrons. The first-order valence-corrected chi connectivity index (χ1v) is 5.75. The molecule has 0 bridgehead atoms. The molecule has 0 spiro atoms. The van der Waals surface area contributed by atoms with Gasteiger partial charge in [0.2, 0.25) is 0 Å². The largest absolute Gasteiger partial charge is 0.397 e. The van der Waals surface area contributed by atoms with Crippen molar-refractivity contribution in [1.82, 2.24) is 10.2 Å². The molecule has 3 nitrogen and oxygen atoms in total. The second-order valence-electron chi connectivity index (χ2n) is 5.53. The summed E-state index contributed by atoms with van der Waals surface area (Å²) >= 11 is 0. The normalized spacial score (nSPS) is 12.0. The quantitative estimate of drug-likeness (QED) is 0.789. The summed E-state index contributed by atoms with van der Waals surface area (Å²) in [6.07, 6.45) is 0. The lowest BCUT2D eigenvalue weighted by molar-refractivity contribution is 0.592. The first-order chi connectivity index (χ1) is 7.82. The zero-order valence-electron chi connectivity index (χ0n) is 10.9. The number of aromatic nitrogens is 2. The Morgan fingerprint density at radius 1 is 1.35 bits per heavy atom. The van der Waals surface area contributed by atoms with Crippen molar-refractivity contribution in [2.45, 2.75) is 33.1 Å². The zero-order chi connectivity index (χ0) is 12.8. The third-order valence-electron chi connectivity index (χ3n) is 2.99. The third-order valence-corrected chi connectivity index (χ3v) is 2.99. The first-order valence-electron chi connectivity index (χ1n) is 5.75. The maximum atomic E-state index is 5.81. The molecule has 2 rings (SSSR count). The van der Waals surface area contributed by atoms with Gasteiger partial charge in [0.15, 0.2) is 0 Å². The topological polar surface area (TPSA) is 54.7 Å². The molecule has 0 aliphatic heterocycles. The van der Waals surface area contributed by atoms with Gasteiger partial charge in [0.05, 0.1) is 11.2 Å². The number of aryl methyl sites for hydroxylation is 1. The van der Waals surface area contributed by atoms with Gasteiger partial charge >= 0.3 is 0 Å². The van der Waals surface area contributed by atoms with E-state index in [0.717, 1.165) is 16.6 Å². The fourth-order valence-corrected chi connectivity index (χ4v) is 2.42. The number of nitrogens with zero attached hydrogens (tertiary/aromatic N) is 1. The molecule has 3 heteroatoms. The number of benzene rings is 1. The van der Waals surface area contributed by atoms with Gasteiger partial charge in [-0.2, -0.15) is 5.10 Å². The number of fused-ring (bicyclic) bond motifs is 1. The van der Waals surface area contributed by atoms with Crippen molar-refractivity contribution in [3.63, 3.8) is 0 Å². The molecule has 0 radical (unpaired) electrons. The molecule has 1 heterocycles. The second-order valence-corrected chi connectivity index (χ2v) is 5.53. The highest BCUT2D eigenvalue weighted by Gasteiger charge is 2.23. The average Bonchev–Trinajstić information content (AvgIpc) is 2.58. The van der Waals surface area contributed by atoms with Crippen molar-refractivity contribution in [2.24, 2.45) is 5.73 Å². The molecule has 0 amide bonds. The van der Waals surface area contributed by atoms with Crippen LogP contribution >= 0.6 is 0 Å². The van der Waals surface area contributed by atoms with Crippen molar-refractivity contribution < 1.29 is 0 Å². The van der Waals surface area contributed by atoms with Crippen molar-refractivity contribution >= 4 is 16.6 Å². The van der Waals surface area contributed by atoms with E-state index in [4.69, 9.17) is 5.73 Å². The molecule has 3 N–H and O–H groups in total. The van der Waals surface area contributed by atoms with Crippen LogP contribution in [0, 0.1) is 6.92 Å². The van der Waals surface area contributed by atoms with Crippen LogP contribution in [-0.4, -0.2) is 10.2 Å². The second kappa shape index (κ2) is 3.62. The summed E-state index contributed by atoms with van der Waals surface area (Å²) in [6.45, 7) is 12.5. The molecule has 17 heavy (non-hydrogen) atoms. The lowest BCUT2D eigenvalue weighted by Gasteiger charge is -2.23. The number of H-pyrrole nitrogens is 1. The van der Waals surface area contributed by atoms with E-state index in [1.54, 1.807) is 0 Å². The molecular weight excluding hydrogens is 210 g/mol. The van der Waals surface area contributed by atoms with Gasteiger partial charge in [-0.05, 0) is 29.5 Å². The third kappa shape index (κ3) is 1.82. The Bertz CT molecular complexity index is 585.